The SMILES string of the molecule is C=C(C)C(=O)OCCCOC(C)N=C=O. The molecule has 0 spiro atoms. The van der Waals surface area contributed by atoms with Crippen LogP contribution in [0.4, 0.5) is 0 Å². The van der Waals surface area contributed by atoms with E-state index in [0.717, 1.165) is 0 Å². The Hall–Kier alpha value is -1.45. The van der Waals surface area contributed by atoms with E-state index in [1.165, 1.54) is 6.08 Å². The number of nitrogens with zero attached hydrogens (tertiary/aromatic N) is 1. The van der Waals surface area contributed by atoms with Crippen molar-refractivity contribution < 1.29 is 19.1 Å². The quantitative estimate of drug-likeness (QED) is 0.209. The molecule has 5 nitrogen and oxygen atoms in total. The minimum absolute atomic E-state index is 0.267. The van der Waals surface area contributed by atoms with Crippen molar-refractivity contribution in [3.05, 3.63) is 12.2 Å². The van der Waals surface area contributed by atoms with Gasteiger partial charge in [0.05, 0.1) is 13.2 Å². The van der Waals surface area contributed by atoms with Crippen molar-refractivity contribution in [3.63, 3.8) is 0 Å². The lowest BCUT2D eigenvalue weighted by atomic mass is 10.4. The fourth-order valence-corrected chi connectivity index (χ4v) is 0.712. The van der Waals surface area contributed by atoms with Crippen LogP contribution in [0.25, 0.3) is 0 Å². The summed E-state index contributed by atoms with van der Waals surface area (Å²) < 4.78 is 9.90. The van der Waals surface area contributed by atoms with Crippen LogP contribution in [0.1, 0.15) is 20.3 Å². The predicted octanol–water partition coefficient (Wildman–Crippen LogP) is 1.19. The molecule has 0 saturated heterocycles. The first-order chi connectivity index (χ1) is 7.07. The van der Waals surface area contributed by atoms with Crippen molar-refractivity contribution in [3.8, 4) is 0 Å². The molecule has 0 heterocycles. The standard InChI is InChI=1S/C10H15NO4/c1-8(2)10(13)15-6-4-5-14-9(3)11-7-12/h9H,1,4-6H2,2-3H3. The van der Waals surface area contributed by atoms with Crippen LogP contribution in [0.15, 0.2) is 17.1 Å². The maximum Gasteiger partial charge on any atom is 0.333 e. The fraction of sp³-hybridized carbons (Fsp3) is 0.600. The Labute approximate surface area is 88.8 Å². The molecular formula is C10H15NO4. The van der Waals surface area contributed by atoms with Crippen LogP contribution in [-0.4, -0.2) is 31.5 Å². The van der Waals surface area contributed by atoms with E-state index in [2.05, 4.69) is 11.6 Å². The van der Waals surface area contributed by atoms with Gasteiger partial charge in [-0.3, -0.25) is 0 Å². The summed E-state index contributed by atoms with van der Waals surface area (Å²) in [5.41, 5.74) is 0.370. The van der Waals surface area contributed by atoms with Gasteiger partial charge in [0.15, 0.2) is 6.23 Å². The molecule has 0 aromatic rings. The molecule has 0 aromatic carbocycles. The Bertz CT molecular complexity index is 269. The lowest BCUT2D eigenvalue weighted by Gasteiger charge is -2.07. The lowest BCUT2D eigenvalue weighted by Crippen LogP contribution is -2.11. The highest BCUT2D eigenvalue weighted by Crippen LogP contribution is 1.96. The maximum atomic E-state index is 10.9. The second-order valence-corrected chi connectivity index (χ2v) is 2.96. The molecule has 0 aromatic heterocycles. The van der Waals surface area contributed by atoms with Crippen molar-refractivity contribution in [2.45, 2.75) is 26.5 Å². The monoisotopic (exact) mass is 213 g/mol. The molecule has 0 saturated carbocycles. The molecule has 1 atom stereocenters. The van der Waals surface area contributed by atoms with Gasteiger partial charge in [0.1, 0.15) is 0 Å². The van der Waals surface area contributed by atoms with Gasteiger partial charge in [0.2, 0.25) is 6.08 Å². The Morgan fingerprint density at radius 3 is 2.73 bits per heavy atom. The van der Waals surface area contributed by atoms with Gasteiger partial charge in [0, 0.05) is 12.0 Å². The molecule has 0 radical (unpaired) electrons. The molecule has 0 fully saturated rings. The molecule has 5 heteroatoms. The zero-order chi connectivity index (χ0) is 11.7. The number of aliphatic imine (C=N–C) groups is 1. The molecule has 0 amide bonds. The minimum Gasteiger partial charge on any atom is -0.462 e. The van der Waals surface area contributed by atoms with Gasteiger partial charge in [-0.1, -0.05) is 6.58 Å². The maximum absolute atomic E-state index is 10.9. The second-order valence-electron chi connectivity index (χ2n) is 2.96. The van der Waals surface area contributed by atoms with Gasteiger partial charge in [-0.15, -0.1) is 0 Å². The molecule has 0 aliphatic rings. The van der Waals surface area contributed by atoms with Crippen LogP contribution in [0.2, 0.25) is 0 Å². The van der Waals surface area contributed by atoms with E-state index >= 15 is 0 Å². The van der Waals surface area contributed by atoms with E-state index in [4.69, 9.17) is 9.47 Å². The first kappa shape index (κ1) is 13.5. The summed E-state index contributed by atoms with van der Waals surface area (Å²) in [6.45, 7) is 7.29. The molecule has 0 rings (SSSR count). The van der Waals surface area contributed by atoms with Gasteiger partial charge in [-0.2, -0.15) is 4.99 Å². The third-order valence-electron chi connectivity index (χ3n) is 1.46. The number of carbonyl (C=O) groups excluding carboxylic acids is 2. The van der Waals surface area contributed by atoms with Crippen molar-refractivity contribution in [1.82, 2.24) is 0 Å². The minimum atomic E-state index is -0.501. The summed E-state index contributed by atoms with van der Waals surface area (Å²) in [6.07, 6.45) is 1.45. The predicted molar refractivity (Wildman–Crippen MR) is 53.9 cm³/mol. The van der Waals surface area contributed by atoms with E-state index < -0.39 is 12.2 Å². The van der Waals surface area contributed by atoms with E-state index in [-0.39, 0.29) is 6.61 Å². The normalized spacial score (nSPS) is 11.3. The number of hydrogen-bond acceptors (Lipinski definition) is 5. The Morgan fingerprint density at radius 1 is 1.53 bits per heavy atom. The summed E-state index contributed by atoms with van der Waals surface area (Å²) in [7, 11) is 0. The summed E-state index contributed by atoms with van der Waals surface area (Å²) in [6, 6.07) is 0. The topological polar surface area (TPSA) is 65.0 Å². The smallest absolute Gasteiger partial charge is 0.333 e. The fourth-order valence-electron chi connectivity index (χ4n) is 0.712. The summed E-state index contributed by atoms with van der Waals surface area (Å²) in [5.74, 6) is -0.408. The van der Waals surface area contributed by atoms with Crippen molar-refractivity contribution >= 4 is 12.0 Å². The van der Waals surface area contributed by atoms with Crippen molar-refractivity contribution in [1.29, 1.82) is 0 Å². The van der Waals surface area contributed by atoms with E-state index in [9.17, 15) is 9.59 Å². The lowest BCUT2D eigenvalue weighted by molar-refractivity contribution is -0.139. The van der Waals surface area contributed by atoms with Crippen molar-refractivity contribution in [2.75, 3.05) is 13.2 Å². The third kappa shape index (κ3) is 7.61. The number of ether oxygens (including phenoxy) is 2. The zero-order valence-corrected chi connectivity index (χ0v) is 8.99. The van der Waals surface area contributed by atoms with Crippen LogP contribution in [0.3, 0.4) is 0 Å². The molecule has 0 bridgehead atoms. The molecule has 1 unspecified atom stereocenters. The van der Waals surface area contributed by atoms with Crippen LogP contribution in [0.5, 0.6) is 0 Å². The molecule has 0 aliphatic carbocycles. The zero-order valence-electron chi connectivity index (χ0n) is 8.99. The number of rotatable bonds is 7. The molecule has 15 heavy (non-hydrogen) atoms. The average Bonchev–Trinajstić information content (AvgIpc) is 2.17. The Morgan fingerprint density at radius 2 is 2.20 bits per heavy atom. The second kappa shape index (κ2) is 7.91. The molecule has 0 N–H and O–H groups in total. The number of carbonyl (C=O) groups is 1. The molecule has 0 aliphatic heterocycles. The van der Waals surface area contributed by atoms with Gasteiger partial charge in [-0.25, -0.2) is 9.59 Å². The van der Waals surface area contributed by atoms with E-state index in [0.29, 0.717) is 18.6 Å². The van der Waals surface area contributed by atoms with Gasteiger partial charge in [-0.05, 0) is 13.8 Å². The van der Waals surface area contributed by atoms with Crippen molar-refractivity contribution in [2.24, 2.45) is 4.99 Å². The number of esters is 1. The number of hydrogen-bond donors (Lipinski definition) is 0. The molecular weight excluding hydrogens is 198 g/mol. The van der Waals surface area contributed by atoms with Crippen LogP contribution in [0, 0.1) is 0 Å². The highest BCUT2D eigenvalue weighted by atomic mass is 16.5. The van der Waals surface area contributed by atoms with E-state index in [1.807, 2.05) is 0 Å². The number of isocyanates is 1. The van der Waals surface area contributed by atoms with Crippen LogP contribution >= 0.6 is 0 Å². The largest absolute Gasteiger partial charge is 0.462 e. The summed E-state index contributed by atoms with van der Waals surface area (Å²) in [4.78, 5) is 24.1. The first-order valence-electron chi connectivity index (χ1n) is 4.59. The molecule has 84 valence electrons. The Kier molecular flexibility index (Phi) is 7.14. The van der Waals surface area contributed by atoms with Crippen LogP contribution in [-0.2, 0) is 19.1 Å². The average molecular weight is 213 g/mol. The van der Waals surface area contributed by atoms with E-state index in [1.54, 1.807) is 13.8 Å². The van der Waals surface area contributed by atoms with Gasteiger partial charge in [0.25, 0.3) is 0 Å². The third-order valence-corrected chi connectivity index (χ3v) is 1.46. The highest BCUT2D eigenvalue weighted by molar-refractivity contribution is 5.86. The highest BCUT2D eigenvalue weighted by Gasteiger charge is 2.02. The first-order valence-corrected chi connectivity index (χ1v) is 4.59. The Balaban J connectivity index is 3.43. The van der Waals surface area contributed by atoms with Gasteiger partial charge >= 0.3 is 5.97 Å². The van der Waals surface area contributed by atoms with Crippen LogP contribution < -0.4 is 0 Å². The summed E-state index contributed by atoms with van der Waals surface area (Å²) in [5, 5.41) is 0. The van der Waals surface area contributed by atoms with Gasteiger partial charge < -0.3 is 9.47 Å². The summed E-state index contributed by atoms with van der Waals surface area (Å²) >= 11 is 0.